The van der Waals surface area contributed by atoms with Gasteiger partial charge in [0.25, 0.3) is 0 Å². The van der Waals surface area contributed by atoms with Crippen LogP contribution >= 0.6 is 0 Å². The summed E-state index contributed by atoms with van der Waals surface area (Å²) in [6.07, 6.45) is 3.21. The Kier molecular flexibility index (Phi) is 3.72. The Bertz CT molecular complexity index is 176. The lowest BCUT2D eigenvalue weighted by Gasteiger charge is -2.26. The Morgan fingerprint density at radius 2 is 2.15 bits per heavy atom. The summed E-state index contributed by atoms with van der Waals surface area (Å²) in [5, 5.41) is 0. The summed E-state index contributed by atoms with van der Waals surface area (Å²) in [4.78, 5) is 13.6. The number of carbonyl (C=O) groups is 1. The molecule has 0 unspecified atom stereocenters. The van der Waals surface area contributed by atoms with Crippen molar-refractivity contribution in [1.82, 2.24) is 4.90 Å². The van der Waals surface area contributed by atoms with Gasteiger partial charge in [0.2, 0.25) is 5.91 Å². The summed E-state index contributed by atoms with van der Waals surface area (Å²) in [5.74, 6) is 0.953. The minimum absolute atomic E-state index is 0.281. The first-order valence-corrected chi connectivity index (χ1v) is 5.14. The Morgan fingerprint density at radius 3 is 2.54 bits per heavy atom. The summed E-state index contributed by atoms with van der Waals surface area (Å²) in [5.41, 5.74) is 5.46. The van der Waals surface area contributed by atoms with Crippen LogP contribution in [0.3, 0.4) is 0 Å². The van der Waals surface area contributed by atoms with Gasteiger partial charge in [-0.25, -0.2) is 0 Å². The van der Waals surface area contributed by atoms with Gasteiger partial charge in [0.05, 0.1) is 0 Å². The van der Waals surface area contributed by atoms with Crippen molar-refractivity contribution in [1.29, 1.82) is 0 Å². The number of nitrogens with two attached hydrogens (primary N) is 1. The van der Waals surface area contributed by atoms with Crippen molar-refractivity contribution in [2.45, 2.75) is 39.2 Å². The largest absolute Gasteiger partial charge is 0.339 e. The molecule has 0 radical (unpaired) electrons. The molecule has 0 bridgehead atoms. The zero-order chi connectivity index (χ0) is 9.84. The van der Waals surface area contributed by atoms with E-state index in [1.807, 2.05) is 18.7 Å². The zero-order valence-electron chi connectivity index (χ0n) is 8.62. The van der Waals surface area contributed by atoms with Crippen LogP contribution in [0.1, 0.15) is 33.1 Å². The van der Waals surface area contributed by atoms with Gasteiger partial charge in [-0.05, 0) is 32.6 Å². The third-order valence-corrected chi connectivity index (χ3v) is 2.47. The van der Waals surface area contributed by atoms with Crippen molar-refractivity contribution in [2.75, 3.05) is 13.1 Å². The van der Waals surface area contributed by atoms with E-state index in [1.54, 1.807) is 0 Å². The van der Waals surface area contributed by atoms with E-state index in [9.17, 15) is 4.79 Å². The van der Waals surface area contributed by atoms with Crippen molar-refractivity contribution >= 4 is 5.91 Å². The molecular formula is C10H20N2O. The van der Waals surface area contributed by atoms with Crippen LogP contribution in [-0.2, 0) is 4.79 Å². The van der Waals surface area contributed by atoms with E-state index >= 15 is 0 Å². The summed E-state index contributed by atoms with van der Waals surface area (Å²) < 4.78 is 0. The first-order valence-electron chi connectivity index (χ1n) is 5.14. The lowest BCUT2D eigenvalue weighted by Crippen LogP contribution is -2.40. The third-order valence-electron chi connectivity index (χ3n) is 2.47. The van der Waals surface area contributed by atoms with Gasteiger partial charge in [-0.3, -0.25) is 4.79 Å². The highest BCUT2D eigenvalue weighted by atomic mass is 16.2. The first-order chi connectivity index (χ1) is 6.15. The molecule has 0 aromatic carbocycles. The van der Waals surface area contributed by atoms with E-state index in [2.05, 4.69) is 0 Å². The molecule has 2 N–H and O–H groups in total. The maximum atomic E-state index is 11.7. The SMILES string of the molecule is CC(C)N(CCN)C(=O)CC1CC1. The topological polar surface area (TPSA) is 46.3 Å². The van der Waals surface area contributed by atoms with Crippen LogP contribution in [-0.4, -0.2) is 29.9 Å². The molecule has 1 rings (SSSR count). The van der Waals surface area contributed by atoms with Crippen molar-refractivity contribution < 1.29 is 4.79 Å². The van der Waals surface area contributed by atoms with Crippen molar-refractivity contribution in [2.24, 2.45) is 11.7 Å². The molecule has 1 saturated carbocycles. The van der Waals surface area contributed by atoms with Crippen molar-refractivity contribution in [3.05, 3.63) is 0 Å². The molecule has 0 atom stereocenters. The molecule has 3 nitrogen and oxygen atoms in total. The summed E-state index contributed by atoms with van der Waals surface area (Å²) in [6, 6.07) is 0.287. The van der Waals surface area contributed by atoms with Gasteiger partial charge >= 0.3 is 0 Å². The second kappa shape index (κ2) is 4.61. The number of amides is 1. The molecule has 1 aliphatic rings. The van der Waals surface area contributed by atoms with E-state index in [1.165, 1.54) is 12.8 Å². The second-order valence-electron chi connectivity index (χ2n) is 4.12. The standard InChI is InChI=1S/C10H20N2O/c1-8(2)12(6-5-11)10(13)7-9-3-4-9/h8-9H,3-7,11H2,1-2H3. The number of nitrogens with zero attached hydrogens (tertiary/aromatic N) is 1. The molecule has 1 amide bonds. The van der Waals surface area contributed by atoms with Gasteiger partial charge in [-0.2, -0.15) is 0 Å². The predicted molar refractivity (Wildman–Crippen MR) is 53.2 cm³/mol. The van der Waals surface area contributed by atoms with Crippen LogP contribution < -0.4 is 5.73 Å². The molecule has 76 valence electrons. The predicted octanol–water partition coefficient (Wildman–Crippen LogP) is 0.982. The monoisotopic (exact) mass is 184 g/mol. The van der Waals surface area contributed by atoms with Crippen LogP contribution in [0.15, 0.2) is 0 Å². The second-order valence-corrected chi connectivity index (χ2v) is 4.12. The van der Waals surface area contributed by atoms with Gasteiger partial charge in [0.15, 0.2) is 0 Å². The molecule has 1 fully saturated rings. The normalized spacial score (nSPS) is 16.3. The lowest BCUT2D eigenvalue weighted by atomic mass is 10.2. The average molecular weight is 184 g/mol. The smallest absolute Gasteiger partial charge is 0.223 e. The van der Waals surface area contributed by atoms with Gasteiger partial charge in [0.1, 0.15) is 0 Å². The summed E-state index contributed by atoms with van der Waals surface area (Å²) in [6.45, 7) is 5.35. The molecule has 0 aromatic heterocycles. The molecule has 1 aliphatic carbocycles. The molecule has 13 heavy (non-hydrogen) atoms. The minimum atomic E-state index is 0.281. The molecule has 0 spiro atoms. The number of carbonyl (C=O) groups excluding carboxylic acids is 1. The van der Waals surface area contributed by atoms with Gasteiger partial charge in [-0.1, -0.05) is 0 Å². The highest BCUT2D eigenvalue weighted by Gasteiger charge is 2.27. The highest BCUT2D eigenvalue weighted by molar-refractivity contribution is 5.77. The van der Waals surface area contributed by atoms with E-state index in [4.69, 9.17) is 5.73 Å². The molecule has 0 aromatic rings. The number of rotatable bonds is 5. The Morgan fingerprint density at radius 1 is 1.54 bits per heavy atom. The van der Waals surface area contributed by atoms with Gasteiger partial charge in [0, 0.05) is 25.6 Å². The van der Waals surface area contributed by atoms with Crippen LogP contribution in [0.2, 0.25) is 0 Å². The first kappa shape index (κ1) is 10.5. The zero-order valence-corrected chi connectivity index (χ0v) is 8.62. The highest BCUT2D eigenvalue weighted by Crippen LogP contribution is 2.32. The van der Waals surface area contributed by atoms with Gasteiger partial charge < -0.3 is 10.6 Å². The molecule has 3 heteroatoms. The van der Waals surface area contributed by atoms with E-state index < -0.39 is 0 Å². The fourth-order valence-corrected chi connectivity index (χ4v) is 1.50. The maximum absolute atomic E-state index is 11.7. The maximum Gasteiger partial charge on any atom is 0.223 e. The van der Waals surface area contributed by atoms with Crippen LogP contribution in [0.4, 0.5) is 0 Å². The molecule has 0 heterocycles. The average Bonchev–Trinajstić information content (AvgIpc) is 2.83. The fourth-order valence-electron chi connectivity index (χ4n) is 1.50. The Balaban J connectivity index is 2.36. The lowest BCUT2D eigenvalue weighted by molar-refractivity contribution is -0.133. The third kappa shape index (κ3) is 3.35. The van der Waals surface area contributed by atoms with E-state index in [-0.39, 0.29) is 11.9 Å². The van der Waals surface area contributed by atoms with E-state index in [0.717, 1.165) is 6.42 Å². The van der Waals surface area contributed by atoms with E-state index in [0.29, 0.717) is 19.0 Å². The molecule has 0 aliphatic heterocycles. The van der Waals surface area contributed by atoms with Gasteiger partial charge in [-0.15, -0.1) is 0 Å². The Labute approximate surface area is 80.3 Å². The Hall–Kier alpha value is -0.570. The van der Waals surface area contributed by atoms with Crippen LogP contribution in [0.25, 0.3) is 0 Å². The van der Waals surface area contributed by atoms with Crippen LogP contribution in [0, 0.1) is 5.92 Å². The number of hydrogen-bond donors (Lipinski definition) is 1. The quantitative estimate of drug-likeness (QED) is 0.692. The minimum Gasteiger partial charge on any atom is -0.339 e. The summed E-state index contributed by atoms with van der Waals surface area (Å²) in [7, 11) is 0. The number of hydrogen-bond acceptors (Lipinski definition) is 2. The summed E-state index contributed by atoms with van der Waals surface area (Å²) >= 11 is 0. The molecule has 0 saturated heterocycles. The fraction of sp³-hybridized carbons (Fsp3) is 0.900. The molecular weight excluding hydrogens is 164 g/mol. The van der Waals surface area contributed by atoms with Crippen LogP contribution in [0.5, 0.6) is 0 Å². The van der Waals surface area contributed by atoms with Crippen molar-refractivity contribution in [3.8, 4) is 0 Å². The van der Waals surface area contributed by atoms with Crippen molar-refractivity contribution in [3.63, 3.8) is 0 Å².